The van der Waals surface area contributed by atoms with Gasteiger partial charge >= 0.3 is 5.97 Å². The third-order valence-corrected chi connectivity index (χ3v) is 5.24. The minimum absolute atomic E-state index is 0.0781. The van der Waals surface area contributed by atoms with Gasteiger partial charge in [-0.25, -0.2) is 4.98 Å². The van der Waals surface area contributed by atoms with Crippen molar-refractivity contribution >= 4 is 34.4 Å². The average molecular weight is 467 g/mol. The van der Waals surface area contributed by atoms with Gasteiger partial charge in [0.1, 0.15) is 18.9 Å². The van der Waals surface area contributed by atoms with E-state index in [1.807, 2.05) is 72.8 Å². The Morgan fingerprint density at radius 1 is 0.971 bits per heavy atom. The first-order chi connectivity index (χ1) is 17.1. The molecule has 0 saturated heterocycles. The van der Waals surface area contributed by atoms with E-state index in [0.29, 0.717) is 30.2 Å². The molecule has 2 N–H and O–H groups in total. The third kappa shape index (κ3) is 6.29. The van der Waals surface area contributed by atoms with Crippen LogP contribution in [0.3, 0.4) is 0 Å². The van der Waals surface area contributed by atoms with E-state index in [2.05, 4.69) is 15.0 Å². The Hall–Kier alpha value is -4.52. The zero-order valence-corrected chi connectivity index (χ0v) is 19.4. The fourth-order valence-corrected chi connectivity index (χ4v) is 3.48. The summed E-state index contributed by atoms with van der Waals surface area (Å²) in [7, 11) is 0. The van der Waals surface area contributed by atoms with Crippen molar-refractivity contribution in [2.45, 2.75) is 13.5 Å². The number of carbonyl (C=O) groups is 1. The number of nitrogens with two attached hydrogens (primary N) is 1. The quantitative estimate of drug-likeness (QED) is 0.284. The van der Waals surface area contributed by atoms with Gasteiger partial charge < -0.3 is 15.2 Å². The van der Waals surface area contributed by atoms with E-state index < -0.39 is 0 Å². The molecule has 0 fully saturated rings. The highest BCUT2D eigenvalue weighted by Gasteiger charge is 2.09. The van der Waals surface area contributed by atoms with Gasteiger partial charge in [0.25, 0.3) is 0 Å². The summed E-state index contributed by atoms with van der Waals surface area (Å²) >= 11 is 0. The Bertz CT molecular complexity index is 1350. The molecule has 2 aromatic carbocycles. The number of allylic oxidation sites excluding steroid dienone is 1. The lowest BCUT2D eigenvalue weighted by Gasteiger charge is -2.11. The highest BCUT2D eigenvalue weighted by Crippen LogP contribution is 2.23. The SMILES string of the molecule is CCOC(=O)CN=C/C(=C(\N)c1ccc(OCc2ccc3ccccc3n2)cc1)c1ccncc1. The van der Waals surface area contributed by atoms with E-state index in [0.717, 1.165) is 27.7 Å². The molecule has 0 atom stereocenters. The first-order valence-electron chi connectivity index (χ1n) is 11.3. The highest BCUT2D eigenvalue weighted by atomic mass is 16.5. The summed E-state index contributed by atoms with van der Waals surface area (Å²) in [4.78, 5) is 24.6. The number of para-hydroxylation sites is 1. The Labute approximate surface area is 204 Å². The van der Waals surface area contributed by atoms with Crippen LogP contribution in [0.5, 0.6) is 5.75 Å². The summed E-state index contributed by atoms with van der Waals surface area (Å²) in [5, 5.41) is 1.10. The van der Waals surface area contributed by atoms with Crippen LogP contribution >= 0.6 is 0 Å². The van der Waals surface area contributed by atoms with Crippen LogP contribution in [0.25, 0.3) is 22.2 Å². The Morgan fingerprint density at radius 3 is 2.51 bits per heavy atom. The predicted molar refractivity (Wildman–Crippen MR) is 138 cm³/mol. The maximum absolute atomic E-state index is 11.7. The summed E-state index contributed by atoms with van der Waals surface area (Å²) in [6.45, 7) is 2.35. The largest absolute Gasteiger partial charge is 0.487 e. The monoisotopic (exact) mass is 466 g/mol. The van der Waals surface area contributed by atoms with Crippen molar-refractivity contribution in [2.24, 2.45) is 10.7 Å². The number of aliphatic imine (C=N–C) groups is 1. The fourth-order valence-electron chi connectivity index (χ4n) is 3.48. The van der Waals surface area contributed by atoms with Crippen molar-refractivity contribution in [3.63, 3.8) is 0 Å². The van der Waals surface area contributed by atoms with Crippen molar-refractivity contribution in [1.82, 2.24) is 9.97 Å². The maximum Gasteiger partial charge on any atom is 0.327 e. The average Bonchev–Trinajstić information content (AvgIpc) is 2.90. The molecule has 2 aromatic heterocycles. The van der Waals surface area contributed by atoms with Crippen molar-refractivity contribution in [1.29, 1.82) is 0 Å². The first kappa shape index (κ1) is 23.6. The second-order valence-electron chi connectivity index (χ2n) is 7.65. The van der Waals surface area contributed by atoms with E-state index >= 15 is 0 Å². The van der Waals surface area contributed by atoms with Crippen LogP contribution < -0.4 is 10.5 Å². The van der Waals surface area contributed by atoms with Gasteiger partial charge in [0.15, 0.2) is 0 Å². The minimum Gasteiger partial charge on any atom is -0.487 e. The molecule has 0 saturated carbocycles. The van der Waals surface area contributed by atoms with Crippen LogP contribution in [-0.4, -0.2) is 35.3 Å². The van der Waals surface area contributed by atoms with Crippen molar-refractivity contribution < 1.29 is 14.3 Å². The number of benzene rings is 2. The Kier molecular flexibility index (Phi) is 7.81. The van der Waals surface area contributed by atoms with E-state index in [1.165, 1.54) is 0 Å². The zero-order valence-electron chi connectivity index (χ0n) is 19.4. The zero-order chi connectivity index (χ0) is 24.5. The molecule has 176 valence electrons. The smallest absolute Gasteiger partial charge is 0.327 e. The number of fused-ring (bicyclic) bond motifs is 1. The molecule has 2 heterocycles. The van der Waals surface area contributed by atoms with Crippen LogP contribution in [0.4, 0.5) is 0 Å². The number of aromatic nitrogens is 2. The number of esters is 1. The van der Waals surface area contributed by atoms with Crippen molar-refractivity contribution in [2.75, 3.05) is 13.2 Å². The van der Waals surface area contributed by atoms with E-state index in [1.54, 1.807) is 25.5 Å². The summed E-state index contributed by atoms with van der Waals surface area (Å²) in [6, 6.07) is 23.2. The van der Waals surface area contributed by atoms with E-state index in [4.69, 9.17) is 15.2 Å². The lowest BCUT2D eigenvalue weighted by molar-refractivity contribution is -0.141. The maximum atomic E-state index is 11.7. The van der Waals surface area contributed by atoms with E-state index in [9.17, 15) is 4.79 Å². The minimum atomic E-state index is -0.390. The molecule has 7 heteroatoms. The van der Waals surface area contributed by atoms with Gasteiger partial charge in [-0.2, -0.15) is 0 Å². The molecule has 4 aromatic rings. The molecule has 4 rings (SSSR count). The van der Waals surface area contributed by atoms with Gasteiger partial charge in [-0.3, -0.25) is 14.8 Å². The number of nitrogens with zero attached hydrogens (tertiary/aromatic N) is 3. The molecular formula is C28H26N4O3. The third-order valence-electron chi connectivity index (χ3n) is 5.24. The van der Waals surface area contributed by atoms with Crippen LogP contribution in [0.2, 0.25) is 0 Å². The molecule has 0 radical (unpaired) electrons. The number of hydrogen-bond acceptors (Lipinski definition) is 7. The second-order valence-corrected chi connectivity index (χ2v) is 7.65. The van der Waals surface area contributed by atoms with Crippen LogP contribution in [0, 0.1) is 0 Å². The standard InChI is InChI=1S/C28H26N4O3/c1-2-34-27(33)18-31-17-25(20-13-15-30-16-14-20)28(29)22-8-11-24(12-9-22)35-19-23-10-7-21-5-3-4-6-26(21)32-23/h3-17H,2,18-19,29H2,1H3/b28-25+,31-17?. The molecule has 0 aliphatic rings. The first-order valence-corrected chi connectivity index (χ1v) is 11.3. The molecule has 7 nitrogen and oxygen atoms in total. The molecule has 35 heavy (non-hydrogen) atoms. The van der Waals surface area contributed by atoms with E-state index in [-0.39, 0.29) is 12.5 Å². The summed E-state index contributed by atoms with van der Waals surface area (Å²) < 4.78 is 10.9. The van der Waals surface area contributed by atoms with Crippen LogP contribution in [0.15, 0.2) is 90.2 Å². The molecule has 0 amide bonds. The number of carbonyl (C=O) groups excluding carboxylic acids is 1. The van der Waals surface area contributed by atoms with Crippen LogP contribution in [0.1, 0.15) is 23.7 Å². The van der Waals surface area contributed by atoms with Gasteiger partial charge in [0, 0.05) is 35.3 Å². The molecule has 0 aliphatic heterocycles. The summed E-state index contributed by atoms with van der Waals surface area (Å²) in [6.07, 6.45) is 4.95. The van der Waals surface area contributed by atoms with Gasteiger partial charge in [-0.1, -0.05) is 24.3 Å². The van der Waals surface area contributed by atoms with Crippen LogP contribution in [-0.2, 0) is 16.1 Å². The second kappa shape index (κ2) is 11.6. The number of rotatable bonds is 9. The Balaban J connectivity index is 1.50. The van der Waals surface area contributed by atoms with Gasteiger partial charge in [-0.05, 0) is 66.6 Å². The van der Waals surface area contributed by atoms with Gasteiger partial charge in [0.05, 0.1) is 17.8 Å². The molecule has 0 unspecified atom stereocenters. The molecular weight excluding hydrogens is 440 g/mol. The van der Waals surface area contributed by atoms with Crippen molar-refractivity contribution in [3.05, 3.63) is 102 Å². The number of pyridine rings is 2. The molecule has 0 bridgehead atoms. The number of hydrogen-bond donors (Lipinski definition) is 1. The lowest BCUT2D eigenvalue weighted by Crippen LogP contribution is -2.08. The normalized spacial score (nSPS) is 11.9. The predicted octanol–water partition coefficient (Wildman–Crippen LogP) is 4.67. The summed E-state index contributed by atoms with van der Waals surface area (Å²) in [5.41, 5.74) is 11.2. The lowest BCUT2D eigenvalue weighted by atomic mass is 10.0. The number of ether oxygens (including phenoxy) is 2. The van der Waals surface area contributed by atoms with Gasteiger partial charge in [0.2, 0.25) is 0 Å². The topological polar surface area (TPSA) is 99.7 Å². The van der Waals surface area contributed by atoms with Gasteiger partial charge in [-0.15, -0.1) is 0 Å². The van der Waals surface area contributed by atoms with Crippen molar-refractivity contribution in [3.8, 4) is 5.75 Å². The molecule has 0 spiro atoms. The summed E-state index contributed by atoms with van der Waals surface area (Å²) in [5.74, 6) is 0.316. The molecule has 0 aliphatic carbocycles. The fraction of sp³-hybridized carbons (Fsp3) is 0.143. The Morgan fingerprint density at radius 2 is 1.74 bits per heavy atom. The highest BCUT2D eigenvalue weighted by molar-refractivity contribution is 6.19.